The molecule has 0 radical (unpaired) electrons. The minimum absolute atomic E-state index is 0.0317. The van der Waals surface area contributed by atoms with Gasteiger partial charge < -0.3 is 4.42 Å². The maximum atomic E-state index is 12.2. The van der Waals surface area contributed by atoms with Gasteiger partial charge in [0.05, 0.1) is 9.83 Å². The molecular formula is C16H11ClN2O4S2. The number of halogens is 1. The second-order valence-electron chi connectivity index (χ2n) is 5.05. The van der Waals surface area contributed by atoms with E-state index in [-0.39, 0.29) is 16.6 Å². The van der Waals surface area contributed by atoms with Crippen molar-refractivity contribution in [1.29, 1.82) is 0 Å². The summed E-state index contributed by atoms with van der Waals surface area (Å²) in [5.74, 6) is 0.837. The summed E-state index contributed by atoms with van der Waals surface area (Å²) >= 11 is 12.3. The summed E-state index contributed by atoms with van der Waals surface area (Å²) in [4.78, 5) is 24.5. The molecule has 1 aromatic carbocycles. The first-order chi connectivity index (χ1) is 11.9. The number of likely N-dealkylation sites (N-methyl/N-ethyl adjacent to an activating group) is 1. The molecule has 128 valence electrons. The van der Waals surface area contributed by atoms with Crippen molar-refractivity contribution in [3.8, 4) is 11.3 Å². The van der Waals surface area contributed by atoms with Crippen LogP contribution in [0.1, 0.15) is 12.7 Å². The van der Waals surface area contributed by atoms with Crippen molar-refractivity contribution in [2.24, 2.45) is 0 Å². The SMILES string of the molecule is CCN1C(=O)C(=Cc2ccc(-c3ccc([N+](=O)[O-])c(Cl)c3)o2)SC1=S. The Kier molecular flexibility index (Phi) is 4.94. The lowest BCUT2D eigenvalue weighted by atomic mass is 10.1. The van der Waals surface area contributed by atoms with Gasteiger partial charge in [0, 0.05) is 24.3 Å². The first kappa shape index (κ1) is 17.7. The summed E-state index contributed by atoms with van der Waals surface area (Å²) in [6.45, 7) is 2.38. The molecule has 25 heavy (non-hydrogen) atoms. The van der Waals surface area contributed by atoms with E-state index >= 15 is 0 Å². The minimum Gasteiger partial charge on any atom is -0.457 e. The Morgan fingerprint density at radius 2 is 2.16 bits per heavy atom. The molecule has 0 bridgehead atoms. The number of benzene rings is 1. The van der Waals surface area contributed by atoms with E-state index in [1.807, 2.05) is 6.92 Å². The zero-order valence-electron chi connectivity index (χ0n) is 12.9. The third kappa shape index (κ3) is 3.46. The van der Waals surface area contributed by atoms with E-state index < -0.39 is 4.92 Å². The van der Waals surface area contributed by atoms with Crippen LogP contribution in [0.15, 0.2) is 39.7 Å². The van der Waals surface area contributed by atoms with Crippen LogP contribution in [0.2, 0.25) is 5.02 Å². The number of amides is 1. The second kappa shape index (κ2) is 6.99. The van der Waals surface area contributed by atoms with E-state index in [0.29, 0.717) is 32.9 Å². The van der Waals surface area contributed by atoms with Gasteiger partial charge in [-0.3, -0.25) is 19.8 Å². The van der Waals surface area contributed by atoms with Gasteiger partial charge in [-0.05, 0) is 31.2 Å². The van der Waals surface area contributed by atoms with E-state index in [1.165, 1.54) is 28.8 Å². The van der Waals surface area contributed by atoms with Crippen molar-refractivity contribution >= 4 is 57.6 Å². The molecule has 9 heteroatoms. The number of nitro groups is 1. The average Bonchev–Trinajstić information content (AvgIpc) is 3.12. The Morgan fingerprint density at radius 3 is 2.76 bits per heavy atom. The van der Waals surface area contributed by atoms with E-state index in [4.69, 9.17) is 28.2 Å². The van der Waals surface area contributed by atoms with E-state index in [1.54, 1.807) is 24.3 Å². The van der Waals surface area contributed by atoms with E-state index in [0.717, 1.165) is 0 Å². The first-order valence-electron chi connectivity index (χ1n) is 7.20. The monoisotopic (exact) mass is 394 g/mol. The number of carbonyl (C=O) groups is 1. The quantitative estimate of drug-likeness (QED) is 0.323. The minimum atomic E-state index is -0.546. The molecule has 1 amide bonds. The standard InChI is InChI=1S/C16H11ClN2O4S2/c1-2-18-15(20)14(25-16(18)24)8-10-4-6-13(23-10)9-3-5-12(19(21)22)11(17)7-9/h3-8H,2H2,1H3. The van der Waals surface area contributed by atoms with Gasteiger partial charge in [0.1, 0.15) is 20.9 Å². The largest absolute Gasteiger partial charge is 0.457 e. The van der Waals surface area contributed by atoms with Crippen LogP contribution in [0.4, 0.5) is 5.69 Å². The van der Waals surface area contributed by atoms with Gasteiger partial charge in [-0.25, -0.2) is 0 Å². The Balaban J connectivity index is 1.87. The summed E-state index contributed by atoms with van der Waals surface area (Å²) in [6, 6.07) is 7.78. The van der Waals surface area contributed by atoms with E-state index in [9.17, 15) is 14.9 Å². The topological polar surface area (TPSA) is 76.6 Å². The molecule has 2 aromatic rings. The van der Waals surface area contributed by atoms with Gasteiger partial charge in [-0.2, -0.15) is 0 Å². The summed E-state index contributed by atoms with van der Waals surface area (Å²) in [5.41, 5.74) is 0.441. The normalized spacial score (nSPS) is 16.1. The highest BCUT2D eigenvalue weighted by Gasteiger charge is 2.30. The molecule has 0 spiro atoms. The zero-order chi connectivity index (χ0) is 18.1. The number of hydrogen-bond donors (Lipinski definition) is 0. The summed E-state index contributed by atoms with van der Waals surface area (Å²) < 4.78 is 6.23. The molecular weight excluding hydrogens is 384 g/mol. The highest BCUT2D eigenvalue weighted by molar-refractivity contribution is 8.26. The second-order valence-corrected chi connectivity index (χ2v) is 7.13. The third-order valence-electron chi connectivity index (χ3n) is 3.52. The van der Waals surface area contributed by atoms with Crippen molar-refractivity contribution in [3.63, 3.8) is 0 Å². The highest BCUT2D eigenvalue weighted by atomic mass is 35.5. The molecule has 1 saturated heterocycles. The fourth-order valence-electron chi connectivity index (χ4n) is 2.30. The van der Waals surface area contributed by atoms with Crippen molar-refractivity contribution < 1.29 is 14.1 Å². The molecule has 1 aromatic heterocycles. The molecule has 0 aliphatic carbocycles. The summed E-state index contributed by atoms with van der Waals surface area (Å²) in [7, 11) is 0. The predicted molar refractivity (Wildman–Crippen MR) is 101 cm³/mol. The van der Waals surface area contributed by atoms with Gasteiger partial charge in [0.15, 0.2) is 0 Å². The van der Waals surface area contributed by atoms with E-state index in [2.05, 4.69) is 0 Å². The summed E-state index contributed by atoms with van der Waals surface area (Å²) in [5, 5.41) is 10.8. The first-order valence-corrected chi connectivity index (χ1v) is 8.80. The van der Waals surface area contributed by atoms with Crippen LogP contribution in [0.3, 0.4) is 0 Å². The molecule has 1 fully saturated rings. The molecule has 0 atom stereocenters. The van der Waals surface area contributed by atoms with Crippen molar-refractivity contribution in [1.82, 2.24) is 4.90 Å². The Bertz CT molecular complexity index is 923. The predicted octanol–water partition coefficient (Wildman–Crippen LogP) is 4.73. The van der Waals surface area contributed by atoms with Crippen LogP contribution in [-0.4, -0.2) is 26.6 Å². The number of nitrogens with zero attached hydrogens (tertiary/aromatic N) is 2. The van der Waals surface area contributed by atoms with Crippen LogP contribution in [0.25, 0.3) is 17.4 Å². The molecule has 1 aliphatic heterocycles. The molecule has 2 heterocycles. The number of carbonyl (C=O) groups excluding carboxylic acids is 1. The van der Waals surface area contributed by atoms with Gasteiger partial charge in [-0.15, -0.1) is 0 Å². The summed E-state index contributed by atoms with van der Waals surface area (Å²) in [6.07, 6.45) is 1.63. The Morgan fingerprint density at radius 1 is 1.40 bits per heavy atom. The van der Waals surface area contributed by atoms with Gasteiger partial charge >= 0.3 is 0 Å². The number of rotatable bonds is 4. The smallest absolute Gasteiger partial charge is 0.287 e. The van der Waals surface area contributed by atoms with Crippen LogP contribution < -0.4 is 0 Å². The molecule has 3 rings (SSSR count). The third-order valence-corrected chi connectivity index (χ3v) is 5.20. The number of furan rings is 1. The number of thioether (sulfide) groups is 1. The maximum absolute atomic E-state index is 12.2. The van der Waals surface area contributed by atoms with Gasteiger partial charge in [-0.1, -0.05) is 35.6 Å². The van der Waals surface area contributed by atoms with Crippen LogP contribution in [-0.2, 0) is 4.79 Å². The van der Waals surface area contributed by atoms with Crippen LogP contribution in [0, 0.1) is 10.1 Å². The Labute approximate surface area is 157 Å². The van der Waals surface area contributed by atoms with Gasteiger partial charge in [0.25, 0.3) is 11.6 Å². The highest BCUT2D eigenvalue weighted by Crippen LogP contribution is 2.34. The van der Waals surface area contributed by atoms with Gasteiger partial charge in [0.2, 0.25) is 0 Å². The number of thiocarbonyl (C=S) groups is 1. The lowest BCUT2D eigenvalue weighted by Crippen LogP contribution is -2.27. The Hall–Kier alpha value is -2.16. The number of hydrogen-bond acceptors (Lipinski definition) is 6. The lowest BCUT2D eigenvalue weighted by molar-refractivity contribution is -0.384. The van der Waals surface area contributed by atoms with Crippen LogP contribution in [0.5, 0.6) is 0 Å². The van der Waals surface area contributed by atoms with Crippen molar-refractivity contribution in [3.05, 3.63) is 56.1 Å². The molecule has 6 nitrogen and oxygen atoms in total. The van der Waals surface area contributed by atoms with Crippen LogP contribution >= 0.6 is 35.6 Å². The zero-order valence-corrected chi connectivity index (χ0v) is 15.3. The van der Waals surface area contributed by atoms with Crippen molar-refractivity contribution in [2.75, 3.05) is 6.54 Å². The fourth-order valence-corrected chi connectivity index (χ4v) is 3.91. The average molecular weight is 395 g/mol. The fraction of sp³-hybridized carbons (Fsp3) is 0.125. The maximum Gasteiger partial charge on any atom is 0.287 e. The molecule has 0 saturated carbocycles. The molecule has 0 unspecified atom stereocenters. The lowest BCUT2D eigenvalue weighted by Gasteiger charge is -2.09. The molecule has 1 aliphatic rings. The van der Waals surface area contributed by atoms with Crippen molar-refractivity contribution in [2.45, 2.75) is 6.92 Å². The molecule has 0 N–H and O–H groups in total. The number of nitro benzene ring substituents is 1.